The lowest BCUT2D eigenvalue weighted by Crippen LogP contribution is -2.46. The zero-order valence-corrected chi connectivity index (χ0v) is 13.5. The van der Waals surface area contributed by atoms with Crippen molar-refractivity contribution in [1.29, 1.82) is 0 Å². The van der Waals surface area contributed by atoms with Gasteiger partial charge in [-0.2, -0.15) is 11.3 Å². The molecule has 0 aliphatic carbocycles. The highest BCUT2D eigenvalue weighted by Gasteiger charge is 2.34. The monoisotopic (exact) mass is 300 g/mol. The molecule has 1 saturated heterocycles. The smallest absolute Gasteiger partial charge is 0.0239 e. The zero-order valence-electron chi connectivity index (χ0n) is 12.7. The summed E-state index contributed by atoms with van der Waals surface area (Å²) < 4.78 is 0. The molecule has 2 heterocycles. The fourth-order valence-electron chi connectivity index (χ4n) is 3.50. The molecule has 3 heteroatoms. The van der Waals surface area contributed by atoms with Crippen LogP contribution in [0.15, 0.2) is 47.2 Å². The van der Waals surface area contributed by atoms with Crippen molar-refractivity contribution in [2.75, 3.05) is 26.7 Å². The summed E-state index contributed by atoms with van der Waals surface area (Å²) in [6.07, 6.45) is 2.45. The van der Waals surface area contributed by atoms with E-state index in [0.717, 1.165) is 26.2 Å². The first kappa shape index (κ1) is 14.8. The maximum Gasteiger partial charge on any atom is 0.0239 e. The summed E-state index contributed by atoms with van der Waals surface area (Å²) in [6, 6.07) is 13.3. The first-order valence-electron chi connectivity index (χ1n) is 7.74. The van der Waals surface area contributed by atoms with Gasteiger partial charge in [-0.3, -0.25) is 0 Å². The summed E-state index contributed by atoms with van der Waals surface area (Å²) in [5, 5.41) is 7.94. The Labute approximate surface area is 131 Å². The summed E-state index contributed by atoms with van der Waals surface area (Å²) >= 11 is 1.79. The quantitative estimate of drug-likeness (QED) is 0.909. The third kappa shape index (κ3) is 3.54. The van der Waals surface area contributed by atoms with Gasteiger partial charge in [0.2, 0.25) is 0 Å². The average Bonchev–Trinajstić information content (AvgIpc) is 3.02. The lowest BCUT2D eigenvalue weighted by Gasteiger charge is -2.41. The molecule has 1 aliphatic heterocycles. The van der Waals surface area contributed by atoms with Crippen molar-refractivity contribution in [3.8, 4) is 0 Å². The third-order valence-electron chi connectivity index (χ3n) is 4.55. The van der Waals surface area contributed by atoms with Crippen LogP contribution in [0.3, 0.4) is 0 Å². The van der Waals surface area contributed by atoms with Crippen LogP contribution in [0.1, 0.15) is 24.0 Å². The van der Waals surface area contributed by atoms with Crippen molar-refractivity contribution in [3.05, 3.63) is 58.3 Å². The van der Waals surface area contributed by atoms with Crippen LogP contribution in [0.2, 0.25) is 0 Å². The van der Waals surface area contributed by atoms with Crippen LogP contribution in [0.5, 0.6) is 0 Å². The number of likely N-dealkylation sites (N-methyl/N-ethyl adjacent to an activating group) is 1. The van der Waals surface area contributed by atoms with Gasteiger partial charge in [-0.15, -0.1) is 0 Å². The van der Waals surface area contributed by atoms with Gasteiger partial charge >= 0.3 is 0 Å². The van der Waals surface area contributed by atoms with Gasteiger partial charge in [0.1, 0.15) is 0 Å². The van der Waals surface area contributed by atoms with Gasteiger partial charge in [0.05, 0.1) is 0 Å². The number of rotatable bonds is 5. The number of benzene rings is 1. The molecule has 1 fully saturated rings. The predicted octanol–water partition coefficient (Wildman–Crippen LogP) is 3.50. The Balaban J connectivity index is 1.76. The van der Waals surface area contributed by atoms with E-state index in [1.165, 1.54) is 24.0 Å². The number of thiophene rings is 1. The van der Waals surface area contributed by atoms with E-state index in [1.807, 2.05) is 0 Å². The van der Waals surface area contributed by atoms with Crippen molar-refractivity contribution >= 4 is 11.3 Å². The van der Waals surface area contributed by atoms with Gasteiger partial charge < -0.3 is 10.2 Å². The number of hydrogen-bond acceptors (Lipinski definition) is 3. The molecule has 3 rings (SSSR count). The van der Waals surface area contributed by atoms with Crippen LogP contribution in [0.4, 0.5) is 0 Å². The highest BCUT2D eigenvalue weighted by molar-refractivity contribution is 7.07. The van der Waals surface area contributed by atoms with Crippen molar-refractivity contribution in [1.82, 2.24) is 10.2 Å². The fraction of sp³-hybridized carbons (Fsp3) is 0.444. The molecule has 0 bridgehead atoms. The highest BCUT2D eigenvalue weighted by atomic mass is 32.1. The Kier molecular flexibility index (Phi) is 4.73. The summed E-state index contributed by atoms with van der Waals surface area (Å²) in [7, 11) is 2.25. The van der Waals surface area contributed by atoms with Gasteiger partial charge in [-0.1, -0.05) is 30.3 Å². The minimum Gasteiger partial charge on any atom is -0.317 e. The SMILES string of the molecule is CN(Cc1ccsc1)CC1(c2ccccc2)CCNCC1. The van der Waals surface area contributed by atoms with Crippen LogP contribution in [0, 0.1) is 0 Å². The Morgan fingerprint density at radius 1 is 1.14 bits per heavy atom. The van der Waals surface area contributed by atoms with Gasteiger partial charge in [0.15, 0.2) is 0 Å². The molecule has 0 saturated carbocycles. The van der Waals surface area contributed by atoms with Crippen LogP contribution < -0.4 is 5.32 Å². The fourth-order valence-corrected chi connectivity index (χ4v) is 4.16. The number of piperidine rings is 1. The predicted molar refractivity (Wildman–Crippen MR) is 90.9 cm³/mol. The van der Waals surface area contributed by atoms with Crippen LogP contribution >= 0.6 is 11.3 Å². The normalized spacial score (nSPS) is 18.0. The van der Waals surface area contributed by atoms with Gasteiger partial charge in [-0.05, 0) is 60.9 Å². The third-order valence-corrected chi connectivity index (χ3v) is 5.28. The molecule has 0 radical (unpaired) electrons. The molecule has 1 aromatic heterocycles. The average molecular weight is 300 g/mol. The molecule has 1 aliphatic rings. The van der Waals surface area contributed by atoms with Crippen molar-refractivity contribution in [2.24, 2.45) is 0 Å². The Hall–Kier alpha value is -1.16. The van der Waals surface area contributed by atoms with Gasteiger partial charge in [-0.25, -0.2) is 0 Å². The number of nitrogens with zero attached hydrogens (tertiary/aromatic N) is 1. The lowest BCUT2D eigenvalue weighted by atomic mass is 9.73. The maximum absolute atomic E-state index is 3.51. The van der Waals surface area contributed by atoms with E-state index in [2.05, 4.69) is 64.4 Å². The molecule has 0 spiro atoms. The molecule has 2 aromatic rings. The Morgan fingerprint density at radius 3 is 2.57 bits per heavy atom. The second-order valence-corrected chi connectivity index (χ2v) is 6.98. The van der Waals surface area contributed by atoms with Gasteiger partial charge in [0, 0.05) is 18.5 Å². The standard InChI is InChI=1S/C18H24N2S/c1-20(13-16-7-12-21-14-16)15-18(8-10-19-11-9-18)17-5-3-2-4-6-17/h2-7,12,14,19H,8-11,13,15H2,1H3. The molecular weight excluding hydrogens is 276 g/mol. The highest BCUT2D eigenvalue weighted by Crippen LogP contribution is 2.34. The molecule has 2 nitrogen and oxygen atoms in total. The molecule has 21 heavy (non-hydrogen) atoms. The summed E-state index contributed by atoms with van der Waals surface area (Å²) in [5.41, 5.74) is 3.24. The second-order valence-electron chi connectivity index (χ2n) is 6.20. The van der Waals surface area contributed by atoms with E-state index < -0.39 is 0 Å². The second kappa shape index (κ2) is 6.73. The van der Waals surface area contributed by atoms with Crippen molar-refractivity contribution in [3.63, 3.8) is 0 Å². The number of nitrogens with one attached hydrogen (secondary N) is 1. The van der Waals surface area contributed by atoms with E-state index in [0.29, 0.717) is 5.41 Å². The lowest BCUT2D eigenvalue weighted by molar-refractivity contribution is 0.196. The van der Waals surface area contributed by atoms with E-state index >= 15 is 0 Å². The summed E-state index contributed by atoms with van der Waals surface area (Å²) in [6.45, 7) is 4.43. The van der Waals surface area contributed by atoms with Crippen LogP contribution in [0.25, 0.3) is 0 Å². The maximum atomic E-state index is 3.51. The molecule has 0 amide bonds. The van der Waals surface area contributed by atoms with Gasteiger partial charge in [0.25, 0.3) is 0 Å². The van der Waals surface area contributed by atoms with Crippen molar-refractivity contribution < 1.29 is 0 Å². The molecule has 0 unspecified atom stereocenters. The first-order valence-corrected chi connectivity index (χ1v) is 8.69. The van der Waals surface area contributed by atoms with Crippen LogP contribution in [-0.4, -0.2) is 31.6 Å². The molecule has 1 aromatic carbocycles. The van der Waals surface area contributed by atoms with Crippen molar-refractivity contribution in [2.45, 2.75) is 24.8 Å². The largest absolute Gasteiger partial charge is 0.317 e. The zero-order chi connectivity index (χ0) is 14.5. The summed E-state index contributed by atoms with van der Waals surface area (Å²) in [5.74, 6) is 0. The molecular formula is C18H24N2S. The van der Waals surface area contributed by atoms with E-state index in [1.54, 1.807) is 11.3 Å². The minimum atomic E-state index is 0.303. The Morgan fingerprint density at radius 2 is 1.90 bits per heavy atom. The first-order chi connectivity index (χ1) is 10.3. The Bertz CT molecular complexity index is 530. The molecule has 0 atom stereocenters. The van der Waals surface area contributed by atoms with E-state index in [4.69, 9.17) is 0 Å². The summed E-state index contributed by atoms with van der Waals surface area (Å²) in [4.78, 5) is 2.49. The molecule has 1 N–H and O–H groups in total. The molecule has 112 valence electrons. The number of hydrogen-bond donors (Lipinski definition) is 1. The topological polar surface area (TPSA) is 15.3 Å². The van der Waals surface area contributed by atoms with Crippen LogP contribution in [-0.2, 0) is 12.0 Å². The van der Waals surface area contributed by atoms with E-state index in [9.17, 15) is 0 Å². The van der Waals surface area contributed by atoms with E-state index in [-0.39, 0.29) is 0 Å². The minimum absolute atomic E-state index is 0.303.